The van der Waals surface area contributed by atoms with Gasteiger partial charge in [0.15, 0.2) is 0 Å². The van der Waals surface area contributed by atoms with Gasteiger partial charge in [-0.15, -0.1) is 0 Å². The summed E-state index contributed by atoms with van der Waals surface area (Å²) < 4.78 is 19.0. The predicted molar refractivity (Wildman–Crippen MR) is 94.6 cm³/mol. The highest BCUT2D eigenvalue weighted by Gasteiger charge is 2.26. The number of amides is 1. The van der Waals surface area contributed by atoms with Crippen LogP contribution in [0.5, 0.6) is 5.75 Å². The number of carbonyl (C=O) groups is 1. The van der Waals surface area contributed by atoms with Crippen LogP contribution in [0.4, 0.5) is 15.8 Å². The quantitative estimate of drug-likeness (QED) is 0.927. The molecule has 1 atom stereocenters. The average molecular weight is 344 g/mol. The van der Waals surface area contributed by atoms with Gasteiger partial charge in [0, 0.05) is 25.8 Å². The lowest BCUT2D eigenvalue weighted by Gasteiger charge is -2.31. The number of hydrogen-bond acceptors (Lipinski definition) is 4. The Balaban J connectivity index is 1.77. The molecule has 1 aliphatic rings. The Hall–Kier alpha value is -2.60. The standard InChI is InChI=1S/C19H21FN2O3/c1-21(2)15-6-7-16-18(11-15)25-9-8-22(16)19(24)12-17(23)13-4-3-5-14(20)10-13/h3-7,10-11,17,23H,8-9,12H2,1-2H3. The smallest absolute Gasteiger partial charge is 0.230 e. The van der Waals surface area contributed by atoms with Crippen LogP contribution in [-0.4, -0.2) is 38.3 Å². The van der Waals surface area contributed by atoms with Crippen LogP contribution in [-0.2, 0) is 4.79 Å². The van der Waals surface area contributed by atoms with Crippen molar-refractivity contribution in [1.82, 2.24) is 0 Å². The van der Waals surface area contributed by atoms with Crippen LogP contribution in [0.2, 0.25) is 0 Å². The van der Waals surface area contributed by atoms with E-state index in [2.05, 4.69) is 0 Å². The van der Waals surface area contributed by atoms with Crippen molar-refractivity contribution < 1.29 is 19.0 Å². The fourth-order valence-electron chi connectivity index (χ4n) is 2.85. The van der Waals surface area contributed by atoms with Crippen molar-refractivity contribution in [2.24, 2.45) is 0 Å². The Labute approximate surface area is 146 Å². The van der Waals surface area contributed by atoms with E-state index < -0.39 is 11.9 Å². The molecule has 1 amide bonds. The molecule has 25 heavy (non-hydrogen) atoms. The average Bonchev–Trinajstić information content (AvgIpc) is 2.60. The first-order valence-electron chi connectivity index (χ1n) is 8.14. The SMILES string of the molecule is CN(C)c1ccc2c(c1)OCCN2C(=O)CC(O)c1cccc(F)c1. The highest BCUT2D eigenvalue weighted by Crippen LogP contribution is 2.35. The van der Waals surface area contributed by atoms with Crippen molar-refractivity contribution in [3.8, 4) is 5.75 Å². The molecule has 5 nitrogen and oxygen atoms in total. The Kier molecular flexibility index (Phi) is 4.90. The first-order chi connectivity index (χ1) is 12.0. The van der Waals surface area contributed by atoms with Gasteiger partial charge in [-0.2, -0.15) is 0 Å². The van der Waals surface area contributed by atoms with E-state index in [1.54, 1.807) is 11.0 Å². The Morgan fingerprint density at radius 2 is 2.12 bits per heavy atom. The van der Waals surface area contributed by atoms with Crippen molar-refractivity contribution in [2.75, 3.05) is 37.0 Å². The molecule has 132 valence electrons. The third kappa shape index (κ3) is 3.74. The van der Waals surface area contributed by atoms with E-state index in [1.165, 1.54) is 18.2 Å². The van der Waals surface area contributed by atoms with Crippen LogP contribution in [0.25, 0.3) is 0 Å². The second-order valence-electron chi connectivity index (χ2n) is 6.22. The minimum absolute atomic E-state index is 0.113. The number of carbonyl (C=O) groups excluding carboxylic acids is 1. The normalized spacial score (nSPS) is 14.5. The second-order valence-corrected chi connectivity index (χ2v) is 6.22. The molecule has 1 N–H and O–H groups in total. The lowest BCUT2D eigenvalue weighted by atomic mass is 10.1. The molecule has 6 heteroatoms. The van der Waals surface area contributed by atoms with Crippen molar-refractivity contribution in [2.45, 2.75) is 12.5 Å². The molecule has 1 unspecified atom stereocenters. The molecule has 1 aliphatic heterocycles. The van der Waals surface area contributed by atoms with Crippen molar-refractivity contribution in [1.29, 1.82) is 0 Å². The third-order valence-corrected chi connectivity index (χ3v) is 4.23. The number of nitrogens with zero attached hydrogens (tertiary/aromatic N) is 2. The minimum Gasteiger partial charge on any atom is -0.489 e. The number of ether oxygens (including phenoxy) is 1. The summed E-state index contributed by atoms with van der Waals surface area (Å²) in [7, 11) is 3.87. The maximum absolute atomic E-state index is 13.3. The number of anilines is 2. The fraction of sp³-hybridized carbons (Fsp3) is 0.316. The highest BCUT2D eigenvalue weighted by molar-refractivity contribution is 5.96. The molecule has 0 spiro atoms. The van der Waals surface area contributed by atoms with Gasteiger partial charge in [0.1, 0.15) is 18.2 Å². The number of rotatable bonds is 4. The molecule has 2 aromatic rings. The number of fused-ring (bicyclic) bond motifs is 1. The fourth-order valence-corrected chi connectivity index (χ4v) is 2.85. The number of benzene rings is 2. The lowest BCUT2D eigenvalue weighted by Crippen LogP contribution is -2.38. The van der Waals surface area contributed by atoms with Gasteiger partial charge >= 0.3 is 0 Å². The van der Waals surface area contributed by atoms with E-state index >= 15 is 0 Å². The summed E-state index contributed by atoms with van der Waals surface area (Å²) in [6, 6.07) is 11.3. The van der Waals surface area contributed by atoms with E-state index in [1.807, 2.05) is 37.2 Å². The van der Waals surface area contributed by atoms with Gasteiger partial charge in [-0.05, 0) is 29.8 Å². The van der Waals surface area contributed by atoms with Crippen LogP contribution in [0.1, 0.15) is 18.1 Å². The molecule has 0 saturated heterocycles. The van der Waals surface area contributed by atoms with Gasteiger partial charge in [-0.25, -0.2) is 4.39 Å². The van der Waals surface area contributed by atoms with Crippen LogP contribution < -0.4 is 14.5 Å². The summed E-state index contributed by atoms with van der Waals surface area (Å²) in [5, 5.41) is 10.3. The van der Waals surface area contributed by atoms with E-state index in [0.717, 1.165) is 5.69 Å². The molecule has 0 bridgehead atoms. The van der Waals surface area contributed by atoms with Crippen molar-refractivity contribution >= 4 is 17.3 Å². The summed E-state index contributed by atoms with van der Waals surface area (Å²) in [4.78, 5) is 16.2. The monoisotopic (exact) mass is 344 g/mol. The van der Waals surface area contributed by atoms with Gasteiger partial charge in [-0.1, -0.05) is 12.1 Å². The lowest BCUT2D eigenvalue weighted by molar-refractivity contribution is -0.120. The van der Waals surface area contributed by atoms with Crippen molar-refractivity contribution in [3.63, 3.8) is 0 Å². The molecular weight excluding hydrogens is 323 g/mol. The molecule has 2 aromatic carbocycles. The maximum Gasteiger partial charge on any atom is 0.230 e. The predicted octanol–water partition coefficient (Wildman–Crippen LogP) is 2.74. The van der Waals surface area contributed by atoms with Crippen LogP contribution in [0.3, 0.4) is 0 Å². The zero-order valence-corrected chi connectivity index (χ0v) is 14.3. The second kappa shape index (κ2) is 7.11. The van der Waals surface area contributed by atoms with Gasteiger partial charge < -0.3 is 19.6 Å². The molecule has 0 fully saturated rings. The molecule has 0 saturated carbocycles. The van der Waals surface area contributed by atoms with E-state index in [-0.39, 0.29) is 12.3 Å². The first kappa shape index (κ1) is 17.2. The van der Waals surface area contributed by atoms with E-state index in [4.69, 9.17) is 4.74 Å². The summed E-state index contributed by atoms with van der Waals surface area (Å²) in [6.07, 6.45) is -1.16. The summed E-state index contributed by atoms with van der Waals surface area (Å²) >= 11 is 0. The zero-order chi connectivity index (χ0) is 18.0. The molecule has 0 aromatic heterocycles. The van der Waals surface area contributed by atoms with Crippen LogP contribution in [0.15, 0.2) is 42.5 Å². The molecule has 0 aliphatic carbocycles. The number of halogens is 1. The summed E-state index contributed by atoms with van der Waals surface area (Å²) in [5.41, 5.74) is 2.06. The Morgan fingerprint density at radius 3 is 2.84 bits per heavy atom. The third-order valence-electron chi connectivity index (χ3n) is 4.23. The molecule has 1 heterocycles. The topological polar surface area (TPSA) is 53.0 Å². The summed E-state index contributed by atoms with van der Waals surface area (Å²) in [6.45, 7) is 0.814. The van der Waals surface area contributed by atoms with Crippen LogP contribution >= 0.6 is 0 Å². The van der Waals surface area contributed by atoms with E-state index in [0.29, 0.717) is 30.2 Å². The highest BCUT2D eigenvalue weighted by atomic mass is 19.1. The van der Waals surface area contributed by atoms with Gasteiger partial charge in [0.05, 0.1) is 24.8 Å². The number of hydrogen-bond donors (Lipinski definition) is 1. The molecule has 3 rings (SSSR count). The first-order valence-corrected chi connectivity index (χ1v) is 8.14. The van der Waals surface area contributed by atoms with Crippen LogP contribution in [0, 0.1) is 5.82 Å². The molecule has 0 radical (unpaired) electrons. The largest absolute Gasteiger partial charge is 0.489 e. The zero-order valence-electron chi connectivity index (χ0n) is 14.3. The van der Waals surface area contributed by atoms with Gasteiger partial charge in [-0.3, -0.25) is 4.79 Å². The number of aliphatic hydroxyl groups is 1. The van der Waals surface area contributed by atoms with Gasteiger partial charge in [0.2, 0.25) is 5.91 Å². The molecular formula is C19H21FN2O3. The Morgan fingerprint density at radius 1 is 1.32 bits per heavy atom. The Bertz CT molecular complexity index is 779. The maximum atomic E-state index is 13.3. The van der Waals surface area contributed by atoms with Crippen molar-refractivity contribution in [3.05, 3.63) is 53.8 Å². The van der Waals surface area contributed by atoms with E-state index in [9.17, 15) is 14.3 Å². The van der Waals surface area contributed by atoms with Gasteiger partial charge in [0.25, 0.3) is 0 Å². The minimum atomic E-state index is -1.05. The number of aliphatic hydroxyl groups excluding tert-OH is 1. The summed E-state index contributed by atoms with van der Waals surface area (Å²) in [5.74, 6) is -0.0121.